The number of nitrogens with one attached hydrogen (secondary N) is 1. The van der Waals surface area contributed by atoms with E-state index in [0.29, 0.717) is 12.2 Å². The molecule has 3 aromatic rings. The summed E-state index contributed by atoms with van der Waals surface area (Å²) in [6, 6.07) is 9.68. The maximum Gasteiger partial charge on any atom is 0.251 e. The van der Waals surface area contributed by atoms with E-state index in [0.717, 1.165) is 28.0 Å². The predicted octanol–water partition coefficient (Wildman–Crippen LogP) is 1.83. The van der Waals surface area contributed by atoms with Gasteiger partial charge in [0.2, 0.25) is 0 Å². The molecular formula is C15H12N4O. The van der Waals surface area contributed by atoms with Gasteiger partial charge in [-0.15, -0.1) is 0 Å². The Morgan fingerprint density at radius 3 is 3.05 bits per heavy atom. The van der Waals surface area contributed by atoms with Gasteiger partial charge in [-0.3, -0.25) is 9.20 Å². The summed E-state index contributed by atoms with van der Waals surface area (Å²) in [7, 11) is 0. The van der Waals surface area contributed by atoms with E-state index < -0.39 is 0 Å². The Bertz CT molecular complexity index is 850. The number of nitrogens with two attached hydrogens (primary N) is 1. The average Bonchev–Trinajstić information content (AvgIpc) is 3.07. The summed E-state index contributed by atoms with van der Waals surface area (Å²) in [5, 5.41) is 2.83. The molecule has 0 aliphatic carbocycles. The van der Waals surface area contributed by atoms with E-state index in [9.17, 15) is 4.79 Å². The number of carbonyl (C=O) groups excluding carboxylic acids is 1. The van der Waals surface area contributed by atoms with Crippen LogP contribution in [0.5, 0.6) is 0 Å². The minimum atomic E-state index is -0.00312. The number of anilines is 1. The molecule has 5 nitrogen and oxygen atoms in total. The summed E-state index contributed by atoms with van der Waals surface area (Å²) in [6.45, 7) is 0.587. The van der Waals surface area contributed by atoms with Crippen LogP contribution in [0.25, 0.3) is 16.9 Å². The standard InChI is InChI=1S/C15H12N4O/c16-12-3-4-13(19-6-5-17-14(12)19)9-1-2-11-10(7-9)8-18-15(11)20/h1-7H,8,16H2,(H,18,20). The van der Waals surface area contributed by atoms with E-state index >= 15 is 0 Å². The summed E-state index contributed by atoms with van der Waals surface area (Å²) >= 11 is 0. The van der Waals surface area contributed by atoms with E-state index in [4.69, 9.17) is 5.73 Å². The fourth-order valence-corrected chi connectivity index (χ4v) is 2.66. The van der Waals surface area contributed by atoms with Crippen molar-refractivity contribution < 1.29 is 4.79 Å². The number of hydrogen-bond acceptors (Lipinski definition) is 3. The Kier molecular flexibility index (Phi) is 2.12. The summed E-state index contributed by atoms with van der Waals surface area (Å²) in [5.41, 5.74) is 11.1. The lowest BCUT2D eigenvalue weighted by Gasteiger charge is -2.08. The zero-order valence-electron chi connectivity index (χ0n) is 10.6. The number of imidazole rings is 1. The Morgan fingerprint density at radius 1 is 1.25 bits per heavy atom. The second-order valence-corrected chi connectivity index (χ2v) is 4.85. The van der Waals surface area contributed by atoms with Crippen molar-refractivity contribution in [2.75, 3.05) is 5.73 Å². The van der Waals surface area contributed by atoms with Crippen LogP contribution in [0, 0.1) is 0 Å². The monoisotopic (exact) mass is 264 g/mol. The van der Waals surface area contributed by atoms with Crippen molar-refractivity contribution in [1.29, 1.82) is 0 Å². The molecule has 1 aliphatic heterocycles. The van der Waals surface area contributed by atoms with Gasteiger partial charge in [-0.05, 0) is 35.4 Å². The number of fused-ring (bicyclic) bond motifs is 2. The lowest BCUT2D eigenvalue weighted by molar-refractivity contribution is 0.0966. The van der Waals surface area contributed by atoms with Gasteiger partial charge in [-0.2, -0.15) is 0 Å². The van der Waals surface area contributed by atoms with Crippen molar-refractivity contribution in [2.24, 2.45) is 0 Å². The number of pyridine rings is 1. The van der Waals surface area contributed by atoms with Crippen LogP contribution in [0.2, 0.25) is 0 Å². The molecule has 1 aliphatic rings. The van der Waals surface area contributed by atoms with Crippen molar-refractivity contribution in [3.63, 3.8) is 0 Å². The minimum Gasteiger partial charge on any atom is -0.396 e. The third kappa shape index (κ3) is 1.43. The summed E-state index contributed by atoms with van der Waals surface area (Å²) in [5.74, 6) is -0.00312. The van der Waals surface area contributed by atoms with Gasteiger partial charge in [0.15, 0.2) is 5.65 Å². The molecule has 3 heterocycles. The molecule has 0 saturated heterocycles. The second kappa shape index (κ2) is 3.84. The first-order valence-corrected chi connectivity index (χ1v) is 6.37. The Balaban J connectivity index is 1.94. The van der Waals surface area contributed by atoms with Crippen LogP contribution in [0.4, 0.5) is 5.69 Å². The second-order valence-electron chi connectivity index (χ2n) is 4.85. The Hall–Kier alpha value is -2.82. The molecule has 98 valence electrons. The van der Waals surface area contributed by atoms with Gasteiger partial charge in [0.1, 0.15) is 0 Å². The largest absolute Gasteiger partial charge is 0.396 e. The van der Waals surface area contributed by atoms with Gasteiger partial charge in [0.05, 0.1) is 11.4 Å². The van der Waals surface area contributed by atoms with Crippen molar-refractivity contribution in [3.05, 3.63) is 53.9 Å². The topological polar surface area (TPSA) is 72.4 Å². The molecule has 20 heavy (non-hydrogen) atoms. The first-order valence-electron chi connectivity index (χ1n) is 6.37. The maximum atomic E-state index is 11.6. The minimum absolute atomic E-state index is 0.00312. The summed E-state index contributed by atoms with van der Waals surface area (Å²) in [4.78, 5) is 15.8. The molecule has 0 fully saturated rings. The quantitative estimate of drug-likeness (QED) is 0.704. The van der Waals surface area contributed by atoms with Crippen LogP contribution in [0.1, 0.15) is 15.9 Å². The molecule has 0 saturated carbocycles. The molecule has 5 heteroatoms. The highest BCUT2D eigenvalue weighted by Crippen LogP contribution is 2.27. The highest BCUT2D eigenvalue weighted by molar-refractivity contribution is 5.98. The van der Waals surface area contributed by atoms with Crippen LogP contribution in [0.3, 0.4) is 0 Å². The lowest BCUT2D eigenvalue weighted by Crippen LogP contribution is -2.12. The number of rotatable bonds is 1. The van der Waals surface area contributed by atoms with E-state index in [1.54, 1.807) is 6.20 Å². The molecule has 4 rings (SSSR count). The molecular weight excluding hydrogens is 252 g/mol. The van der Waals surface area contributed by atoms with Crippen LogP contribution < -0.4 is 11.1 Å². The number of nitrogens with zero attached hydrogens (tertiary/aromatic N) is 2. The fourth-order valence-electron chi connectivity index (χ4n) is 2.66. The first kappa shape index (κ1) is 11.0. The zero-order chi connectivity index (χ0) is 13.7. The molecule has 0 radical (unpaired) electrons. The predicted molar refractivity (Wildman–Crippen MR) is 76.2 cm³/mol. The third-order valence-corrected chi connectivity index (χ3v) is 3.66. The van der Waals surface area contributed by atoms with Crippen LogP contribution in [-0.4, -0.2) is 15.3 Å². The fraction of sp³-hybridized carbons (Fsp3) is 0.0667. The van der Waals surface area contributed by atoms with Gasteiger partial charge in [0, 0.05) is 24.5 Å². The zero-order valence-corrected chi connectivity index (χ0v) is 10.6. The molecule has 3 N–H and O–H groups in total. The average molecular weight is 264 g/mol. The van der Waals surface area contributed by atoms with Crippen LogP contribution >= 0.6 is 0 Å². The van der Waals surface area contributed by atoms with Crippen molar-refractivity contribution in [2.45, 2.75) is 6.54 Å². The number of nitrogen functional groups attached to an aromatic ring is 1. The lowest BCUT2D eigenvalue weighted by atomic mass is 10.0. The van der Waals surface area contributed by atoms with E-state index in [1.807, 2.05) is 40.9 Å². The smallest absolute Gasteiger partial charge is 0.251 e. The number of amides is 1. The van der Waals surface area contributed by atoms with Gasteiger partial charge in [-0.1, -0.05) is 6.07 Å². The highest BCUT2D eigenvalue weighted by atomic mass is 16.1. The molecule has 0 atom stereocenters. The maximum absolute atomic E-state index is 11.6. The van der Waals surface area contributed by atoms with E-state index in [1.165, 1.54) is 0 Å². The van der Waals surface area contributed by atoms with E-state index in [2.05, 4.69) is 10.3 Å². The van der Waals surface area contributed by atoms with Crippen LogP contribution in [0.15, 0.2) is 42.7 Å². The Morgan fingerprint density at radius 2 is 2.15 bits per heavy atom. The van der Waals surface area contributed by atoms with Crippen LogP contribution in [-0.2, 0) is 6.54 Å². The van der Waals surface area contributed by atoms with Gasteiger partial charge in [-0.25, -0.2) is 4.98 Å². The summed E-state index contributed by atoms with van der Waals surface area (Å²) in [6.07, 6.45) is 3.62. The Labute approximate surface area is 115 Å². The third-order valence-electron chi connectivity index (χ3n) is 3.66. The summed E-state index contributed by atoms with van der Waals surface area (Å²) < 4.78 is 1.96. The number of carbonyl (C=O) groups is 1. The van der Waals surface area contributed by atoms with Gasteiger partial charge >= 0.3 is 0 Å². The molecule has 1 amide bonds. The van der Waals surface area contributed by atoms with Gasteiger partial charge in [0.25, 0.3) is 5.91 Å². The number of benzene rings is 1. The van der Waals surface area contributed by atoms with Crippen molar-refractivity contribution in [3.8, 4) is 11.3 Å². The number of hydrogen-bond donors (Lipinski definition) is 2. The first-order chi connectivity index (χ1) is 9.74. The van der Waals surface area contributed by atoms with E-state index in [-0.39, 0.29) is 5.91 Å². The van der Waals surface area contributed by atoms with Crippen molar-refractivity contribution in [1.82, 2.24) is 14.7 Å². The normalized spacial score (nSPS) is 13.5. The van der Waals surface area contributed by atoms with Crippen molar-refractivity contribution >= 4 is 17.2 Å². The molecule has 2 aromatic heterocycles. The molecule has 0 unspecified atom stereocenters. The molecule has 0 spiro atoms. The highest BCUT2D eigenvalue weighted by Gasteiger charge is 2.19. The van der Waals surface area contributed by atoms with Gasteiger partial charge < -0.3 is 11.1 Å². The number of aromatic nitrogens is 2. The SMILES string of the molecule is Nc1ccc(-c2ccc3c(c2)CNC3=O)n2ccnc12. The molecule has 1 aromatic carbocycles. The molecule has 0 bridgehead atoms.